The number of benzene rings is 2. The molecule has 2 aromatic carbocycles. The molecular formula is C21H25BrN2O4S. The van der Waals surface area contributed by atoms with Crippen LogP contribution in [0.15, 0.2) is 57.9 Å². The van der Waals surface area contributed by atoms with E-state index in [9.17, 15) is 13.2 Å². The van der Waals surface area contributed by atoms with Gasteiger partial charge in [0.15, 0.2) is 0 Å². The van der Waals surface area contributed by atoms with Gasteiger partial charge in [-0.15, -0.1) is 0 Å². The number of rotatable bonds is 6. The quantitative estimate of drug-likeness (QED) is 0.634. The molecule has 156 valence electrons. The molecule has 1 heterocycles. The van der Waals surface area contributed by atoms with E-state index >= 15 is 0 Å². The van der Waals surface area contributed by atoms with Gasteiger partial charge in [-0.3, -0.25) is 4.79 Å². The van der Waals surface area contributed by atoms with Crippen LogP contribution in [0.2, 0.25) is 0 Å². The number of nitrogens with zero attached hydrogens (tertiary/aromatic N) is 2. The molecule has 1 saturated heterocycles. The Balaban J connectivity index is 1.67. The standard InChI is InChI=1S/C21H25BrN2O4S/c1-23(14-16-5-9-19(28-2)10-6-16)21(25)17-4-3-13-24(15-17)29(26,27)20-11-7-18(22)8-12-20/h5-12,17H,3-4,13-15H2,1-2H3. The lowest BCUT2D eigenvalue weighted by atomic mass is 9.98. The number of ether oxygens (including phenoxy) is 1. The topological polar surface area (TPSA) is 66.9 Å². The summed E-state index contributed by atoms with van der Waals surface area (Å²) in [6.07, 6.45) is 1.36. The summed E-state index contributed by atoms with van der Waals surface area (Å²) >= 11 is 3.32. The summed E-state index contributed by atoms with van der Waals surface area (Å²) in [5.74, 6) is 0.401. The van der Waals surface area contributed by atoms with Crippen LogP contribution in [-0.4, -0.2) is 50.8 Å². The maximum atomic E-state index is 13.0. The van der Waals surface area contributed by atoms with Crippen molar-refractivity contribution in [1.82, 2.24) is 9.21 Å². The van der Waals surface area contributed by atoms with Crippen LogP contribution in [0.25, 0.3) is 0 Å². The van der Waals surface area contributed by atoms with Crippen LogP contribution in [0.3, 0.4) is 0 Å². The number of carbonyl (C=O) groups excluding carboxylic acids is 1. The summed E-state index contributed by atoms with van der Waals surface area (Å²) in [4.78, 5) is 14.9. The van der Waals surface area contributed by atoms with E-state index < -0.39 is 10.0 Å². The molecule has 1 atom stereocenters. The molecule has 0 aliphatic carbocycles. The molecule has 6 nitrogen and oxygen atoms in total. The predicted octanol–water partition coefficient (Wildman–Crippen LogP) is 3.52. The minimum Gasteiger partial charge on any atom is -0.497 e. The Labute approximate surface area is 180 Å². The summed E-state index contributed by atoms with van der Waals surface area (Å²) in [7, 11) is -0.238. The van der Waals surface area contributed by atoms with Crippen molar-refractivity contribution < 1.29 is 17.9 Å². The maximum Gasteiger partial charge on any atom is 0.243 e. The predicted molar refractivity (Wildman–Crippen MR) is 115 cm³/mol. The van der Waals surface area contributed by atoms with Crippen molar-refractivity contribution in [3.8, 4) is 5.75 Å². The third-order valence-corrected chi connectivity index (χ3v) is 7.55. The highest BCUT2D eigenvalue weighted by Crippen LogP contribution is 2.26. The lowest BCUT2D eigenvalue weighted by molar-refractivity contribution is -0.135. The van der Waals surface area contributed by atoms with Crippen molar-refractivity contribution in [2.45, 2.75) is 24.3 Å². The molecule has 3 rings (SSSR count). The van der Waals surface area contributed by atoms with Crippen LogP contribution < -0.4 is 4.74 Å². The van der Waals surface area contributed by atoms with E-state index in [1.54, 1.807) is 43.3 Å². The van der Waals surface area contributed by atoms with Gasteiger partial charge >= 0.3 is 0 Å². The van der Waals surface area contributed by atoms with Crippen LogP contribution in [0, 0.1) is 5.92 Å². The lowest BCUT2D eigenvalue weighted by Gasteiger charge is -2.33. The zero-order valence-corrected chi connectivity index (χ0v) is 18.9. The second-order valence-electron chi connectivity index (χ2n) is 7.20. The van der Waals surface area contributed by atoms with Gasteiger partial charge < -0.3 is 9.64 Å². The van der Waals surface area contributed by atoms with E-state index in [0.29, 0.717) is 25.9 Å². The van der Waals surface area contributed by atoms with E-state index in [-0.39, 0.29) is 23.3 Å². The van der Waals surface area contributed by atoms with Gasteiger partial charge in [-0.05, 0) is 54.8 Å². The number of sulfonamides is 1. The van der Waals surface area contributed by atoms with Gasteiger partial charge in [0.1, 0.15) is 5.75 Å². The fourth-order valence-electron chi connectivity index (χ4n) is 3.51. The van der Waals surface area contributed by atoms with Crippen LogP contribution >= 0.6 is 15.9 Å². The average molecular weight is 481 g/mol. The van der Waals surface area contributed by atoms with Crippen molar-refractivity contribution >= 4 is 31.9 Å². The Morgan fingerprint density at radius 2 is 1.83 bits per heavy atom. The summed E-state index contributed by atoms with van der Waals surface area (Å²) in [5.41, 5.74) is 0.997. The van der Waals surface area contributed by atoms with Crippen LogP contribution in [0.5, 0.6) is 5.75 Å². The highest BCUT2D eigenvalue weighted by molar-refractivity contribution is 9.10. The maximum absolute atomic E-state index is 13.0. The van der Waals surface area contributed by atoms with E-state index in [4.69, 9.17) is 4.74 Å². The molecule has 1 aliphatic heterocycles. The van der Waals surface area contributed by atoms with E-state index in [2.05, 4.69) is 15.9 Å². The van der Waals surface area contributed by atoms with Gasteiger partial charge in [-0.1, -0.05) is 28.1 Å². The molecule has 0 spiro atoms. The van der Waals surface area contributed by atoms with Gasteiger partial charge in [0.05, 0.1) is 17.9 Å². The molecular weight excluding hydrogens is 456 g/mol. The minimum absolute atomic E-state index is 0.0310. The molecule has 0 N–H and O–H groups in total. The zero-order valence-electron chi connectivity index (χ0n) is 16.5. The van der Waals surface area contributed by atoms with Crippen LogP contribution in [0.1, 0.15) is 18.4 Å². The van der Waals surface area contributed by atoms with Crippen molar-refractivity contribution in [1.29, 1.82) is 0 Å². The van der Waals surface area contributed by atoms with Crippen molar-refractivity contribution in [3.05, 3.63) is 58.6 Å². The molecule has 0 aromatic heterocycles. The average Bonchev–Trinajstić information content (AvgIpc) is 2.74. The smallest absolute Gasteiger partial charge is 0.243 e. The van der Waals surface area contributed by atoms with Gasteiger partial charge in [0.25, 0.3) is 0 Å². The van der Waals surface area contributed by atoms with Crippen LogP contribution in [-0.2, 0) is 21.4 Å². The van der Waals surface area contributed by atoms with Gasteiger partial charge in [-0.2, -0.15) is 4.31 Å². The summed E-state index contributed by atoms with van der Waals surface area (Å²) in [5, 5.41) is 0. The first-order valence-corrected chi connectivity index (χ1v) is 11.7. The molecule has 0 saturated carbocycles. The number of hydrogen-bond donors (Lipinski definition) is 0. The lowest BCUT2D eigenvalue weighted by Crippen LogP contribution is -2.45. The zero-order chi connectivity index (χ0) is 21.0. The molecule has 0 radical (unpaired) electrons. The highest BCUT2D eigenvalue weighted by Gasteiger charge is 2.34. The largest absolute Gasteiger partial charge is 0.497 e. The Kier molecular flexibility index (Phi) is 6.97. The fraction of sp³-hybridized carbons (Fsp3) is 0.381. The number of halogens is 1. The van der Waals surface area contributed by atoms with Crippen LogP contribution in [0.4, 0.5) is 0 Å². The second-order valence-corrected chi connectivity index (χ2v) is 10.1. The minimum atomic E-state index is -3.61. The molecule has 1 amide bonds. The Morgan fingerprint density at radius 3 is 2.45 bits per heavy atom. The number of amides is 1. The monoisotopic (exact) mass is 480 g/mol. The van der Waals surface area contributed by atoms with E-state index in [0.717, 1.165) is 15.8 Å². The summed E-state index contributed by atoms with van der Waals surface area (Å²) < 4.78 is 33.3. The molecule has 29 heavy (non-hydrogen) atoms. The summed E-state index contributed by atoms with van der Waals surface area (Å²) in [6.45, 7) is 1.12. The molecule has 0 bridgehead atoms. The molecule has 2 aromatic rings. The number of methoxy groups -OCH3 is 1. The molecule has 1 aliphatic rings. The van der Waals surface area contributed by atoms with Gasteiger partial charge in [-0.25, -0.2) is 8.42 Å². The summed E-state index contributed by atoms with van der Waals surface area (Å²) in [6, 6.07) is 14.2. The number of carbonyl (C=O) groups is 1. The first kappa shape index (κ1) is 21.8. The Bertz CT molecular complexity index is 946. The Hall–Kier alpha value is -1.90. The van der Waals surface area contributed by atoms with E-state index in [1.807, 2.05) is 24.3 Å². The number of hydrogen-bond acceptors (Lipinski definition) is 4. The Morgan fingerprint density at radius 1 is 1.17 bits per heavy atom. The third kappa shape index (κ3) is 5.18. The molecule has 8 heteroatoms. The van der Waals surface area contributed by atoms with Crippen molar-refractivity contribution in [3.63, 3.8) is 0 Å². The van der Waals surface area contributed by atoms with Gasteiger partial charge in [0.2, 0.25) is 15.9 Å². The first-order chi connectivity index (χ1) is 13.8. The third-order valence-electron chi connectivity index (χ3n) is 5.14. The SMILES string of the molecule is COc1ccc(CN(C)C(=O)C2CCCN(S(=O)(=O)c3ccc(Br)cc3)C2)cc1. The van der Waals surface area contributed by atoms with Crippen molar-refractivity contribution in [2.24, 2.45) is 5.92 Å². The van der Waals surface area contributed by atoms with Crippen molar-refractivity contribution in [2.75, 3.05) is 27.2 Å². The second kappa shape index (κ2) is 9.28. The molecule has 1 fully saturated rings. The number of piperidine rings is 1. The first-order valence-electron chi connectivity index (χ1n) is 9.45. The normalized spacial score (nSPS) is 17.7. The van der Waals surface area contributed by atoms with Gasteiger partial charge in [0, 0.05) is 31.2 Å². The fourth-order valence-corrected chi connectivity index (χ4v) is 5.30. The molecule has 1 unspecified atom stereocenters. The van der Waals surface area contributed by atoms with E-state index in [1.165, 1.54) is 4.31 Å². The highest BCUT2D eigenvalue weighted by atomic mass is 79.9.